The van der Waals surface area contributed by atoms with Crippen molar-refractivity contribution in [3.05, 3.63) is 189 Å². The van der Waals surface area contributed by atoms with Gasteiger partial charge >= 0.3 is 0 Å². The molecule has 0 N–H and O–H groups in total. The van der Waals surface area contributed by atoms with Crippen molar-refractivity contribution in [1.82, 2.24) is 34.7 Å². The Balaban J connectivity index is 1.48. The number of hydrogen-bond donors (Lipinski definition) is 0. The van der Waals surface area contributed by atoms with Crippen molar-refractivity contribution in [3.63, 3.8) is 0 Å². The maximum absolute atomic E-state index is 14.9. The predicted molar refractivity (Wildman–Crippen MR) is 236 cm³/mol. The molecule has 7 aromatic rings. The van der Waals surface area contributed by atoms with E-state index in [-0.39, 0.29) is 24.3 Å². The van der Waals surface area contributed by atoms with Crippen LogP contribution in [-0.4, -0.2) is 68.1 Å². The molecule has 1 unspecified atom stereocenters. The minimum absolute atomic E-state index is 0.115. The third-order valence-corrected chi connectivity index (χ3v) is 10.6. The van der Waals surface area contributed by atoms with Crippen molar-refractivity contribution >= 4 is 18.2 Å². The van der Waals surface area contributed by atoms with Gasteiger partial charge in [-0.15, -0.1) is 5.10 Å². The molecule has 0 fully saturated rings. The molecular weight excluding hydrogens is 749 g/mol. The maximum Gasteiger partial charge on any atom is 0.260 e. The highest BCUT2D eigenvalue weighted by molar-refractivity contribution is 5.81. The van der Waals surface area contributed by atoms with Gasteiger partial charge in [0, 0.05) is 51.2 Å². The highest BCUT2D eigenvalue weighted by atomic mass is 16.5. The number of benzene rings is 5. The van der Waals surface area contributed by atoms with E-state index >= 15 is 0 Å². The monoisotopic (exact) mass is 796 g/mol. The zero-order chi connectivity index (χ0) is 41.9. The summed E-state index contributed by atoms with van der Waals surface area (Å²) in [4.78, 5) is 37.5. The standard InChI is InChI=1S/C49H48N8O3/c1-5-6-28-44-43(47(59)56(45(60-4)29-19-32-58)48(51-44)50-35-55(2)3)34-36-30-31-41(37-20-11-7-12-21-37)42(33-36)46-52-53-54-57(46)49(38-22-13-8-14-23-38,39-24-15-9-16-25-39)40-26-17-10-18-27-40/h7-27,30-31,33,35,45H,5-6,28-29,34H2,1-4H3. The van der Waals surface area contributed by atoms with Crippen molar-refractivity contribution in [2.75, 3.05) is 21.2 Å². The highest BCUT2D eigenvalue weighted by Gasteiger charge is 2.42. The van der Waals surface area contributed by atoms with Crippen molar-refractivity contribution in [2.24, 2.45) is 4.99 Å². The zero-order valence-electron chi connectivity index (χ0n) is 34.3. The summed E-state index contributed by atoms with van der Waals surface area (Å²) in [7, 11) is 5.19. The van der Waals surface area contributed by atoms with Crippen LogP contribution in [0.25, 0.3) is 22.5 Å². The molecule has 11 nitrogen and oxygen atoms in total. The number of aliphatic imine (C=N–C) groups is 1. The van der Waals surface area contributed by atoms with Gasteiger partial charge in [0.1, 0.15) is 17.7 Å². The van der Waals surface area contributed by atoms with E-state index < -0.39 is 11.8 Å². The van der Waals surface area contributed by atoms with Gasteiger partial charge in [-0.25, -0.2) is 24.0 Å². The van der Waals surface area contributed by atoms with Gasteiger partial charge in [0.05, 0.1) is 12.0 Å². The maximum atomic E-state index is 14.9. The Morgan fingerprint density at radius 1 is 0.833 bits per heavy atom. The number of aryl methyl sites for hydroxylation is 1. The van der Waals surface area contributed by atoms with Gasteiger partial charge in [0.2, 0.25) is 5.95 Å². The van der Waals surface area contributed by atoms with Crippen LogP contribution in [0.2, 0.25) is 0 Å². The third kappa shape index (κ3) is 8.40. The number of aromatic nitrogens is 6. The van der Waals surface area contributed by atoms with Gasteiger partial charge in [0.25, 0.3) is 5.56 Å². The number of rotatable bonds is 17. The molecule has 0 spiro atoms. The lowest BCUT2D eigenvalue weighted by atomic mass is 9.76. The van der Waals surface area contributed by atoms with Crippen LogP contribution >= 0.6 is 0 Å². The van der Waals surface area contributed by atoms with Crippen molar-refractivity contribution < 1.29 is 9.53 Å². The summed E-state index contributed by atoms with van der Waals surface area (Å²) >= 11 is 0. The summed E-state index contributed by atoms with van der Waals surface area (Å²) in [5, 5.41) is 14.0. The fraction of sp³-hybridized carbons (Fsp3) is 0.224. The van der Waals surface area contributed by atoms with E-state index in [1.165, 1.54) is 17.8 Å². The van der Waals surface area contributed by atoms with E-state index in [0.29, 0.717) is 23.5 Å². The van der Waals surface area contributed by atoms with Gasteiger partial charge in [-0.1, -0.05) is 147 Å². The lowest BCUT2D eigenvalue weighted by molar-refractivity contribution is 0.0444. The number of ether oxygens (including phenoxy) is 1. The second-order valence-electron chi connectivity index (χ2n) is 14.7. The summed E-state index contributed by atoms with van der Waals surface area (Å²) in [5.41, 5.74) is 6.42. The highest BCUT2D eigenvalue weighted by Crippen LogP contribution is 2.43. The van der Waals surface area contributed by atoms with Crippen LogP contribution in [0, 0.1) is 0 Å². The first kappa shape index (κ1) is 41.1. The molecule has 11 heteroatoms. The molecule has 0 aliphatic carbocycles. The van der Waals surface area contributed by atoms with E-state index in [4.69, 9.17) is 20.0 Å². The van der Waals surface area contributed by atoms with Crippen molar-refractivity contribution in [3.8, 4) is 22.5 Å². The summed E-state index contributed by atoms with van der Waals surface area (Å²) in [6.45, 7) is 2.11. The second kappa shape index (κ2) is 19.1. The molecule has 0 bridgehead atoms. The van der Waals surface area contributed by atoms with Crippen LogP contribution in [0.1, 0.15) is 65.9 Å². The molecule has 0 aliphatic heterocycles. The quantitative estimate of drug-likeness (QED) is 0.0390. The molecule has 0 saturated heterocycles. The van der Waals surface area contributed by atoms with Gasteiger partial charge in [-0.05, 0) is 62.7 Å². The zero-order valence-corrected chi connectivity index (χ0v) is 34.3. The van der Waals surface area contributed by atoms with Crippen LogP contribution in [0.15, 0.2) is 155 Å². The van der Waals surface area contributed by atoms with E-state index in [1.54, 1.807) is 11.2 Å². The molecule has 2 aromatic heterocycles. The Morgan fingerprint density at radius 2 is 1.43 bits per heavy atom. The van der Waals surface area contributed by atoms with Crippen LogP contribution in [-0.2, 0) is 27.9 Å². The van der Waals surface area contributed by atoms with E-state index in [2.05, 4.69) is 77.8 Å². The SMILES string of the molecule is CCCCc1nc(N=CN(C)C)n(C(CC=C=O)OC)c(=O)c1Cc1ccc(-c2ccccc2)c(-c2nnnn2C(c2ccccc2)(c2ccccc2)c2ccccc2)c1. The average molecular weight is 797 g/mol. The van der Waals surface area contributed by atoms with Gasteiger partial charge in [-0.3, -0.25) is 4.79 Å². The number of methoxy groups -OCH3 is 1. The minimum atomic E-state index is -0.981. The van der Waals surface area contributed by atoms with Gasteiger partial charge in [-0.2, -0.15) is 0 Å². The van der Waals surface area contributed by atoms with Crippen molar-refractivity contribution in [1.29, 1.82) is 0 Å². The molecule has 1 atom stereocenters. The fourth-order valence-corrected chi connectivity index (χ4v) is 7.75. The summed E-state index contributed by atoms with van der Waals surface area (Å²) < 4.78 is 9.15. The molecule has 302 valence electrons. The molecule has 2 heterocycles. The first-order valence-electron chi connectivity index (χ1n) is 20.1. The molecule has 60 heavy (non-hydrogen) atoms. The molecule has 0 radical (unpaired) electrons. The second-order valence-corrected chi connectivity index (χ2v) is 14.7. The van der Waals surface area contributed by atoms with Crippen LogP contribution in [0.5, 0.6) is 0 Å². The lowest BCUT2D eigenvalue weighted by Crippen LogP contribution is -2.39. The smallest absolute Gasteiger partial charge is 0.260 e. The predicted octanol–water partition coefficient (Wildman–Crippen LogP) is 8.48. The summed E-state index contributed by atoms with van der Waals surface area (Å²) in [6.07, 6.45) is 4.78. The molecule has 0 aliphatic rings. The molecule has 0 amide bonds. The van der Waals surface area contributed by atoms with E-state index in [9.17, 15) is 9.59 Å². The van der Waals surface area contributed by atoms with Crippen LogP contribution < -0.4 is 5.56 Å². The largest absolute Gasteiger partial charge is 0.369 e. The first-order chi connectivity index (χ1) is 29.4. The molecule has 0 saturated carbocycles. The average Bonchev–Trinajstić information content (AvgIpc) is 3.78. The van der Waals surface area contributed by atoms with Gasteiger partial charge < -0.3 is 9.64 Å². The van der Waals surface area contributed by atoms with Crippen molar-refractivity contribution in [2.45, 2.75) is 50.8 Å². The van der Waals surface area contributed by atoms with Crippen LogP contribution in [0.4, 0.5) is 5.95 Å². The Labute approximate surface area is 350 Å². The number of unbranched alkanes of at least 4 members (excludes halogenated alkanes) is 1. The van der Waals surface area contributed by atoms with Gasteiger partial charge in [0.15, 0.2) is 5.82 Å². The van der Waals surface area contributed by atoms with Crippen LogP contribution in [0.3, 0.4) is 0 Å². The molecule has 5 aromatic carbocycles. The topological polar surface area (TPSA) is 120 Å². The minimum Gasteiger partial charge on any atom is -0.369 e. The number of carbonyl (C=O) groups excluding carboxylic acids is 1. The Bertz CT molecular complexity index is 2540. The van der Waals surface area contributed by atoms with E-state index in [1.807, 2.05) is 104 Å². The van der Waals surface area contributed by atoms with E-state index in [0.717, 1.165) is 51.8 Å². The fourth-order valence-electron chi connectivity index (χ4n) is 7.75. The number of hydrogen-bond acceptors (Lipinski definition) is 8. The first-order valence-corrected chi connectivity index (χ1v) is 20.1. The number of nitrogens with zero attached hydrogens (tertiary/aromatic N) is 8. The lowest BCUT2D eigenvalue weighted by Gasteiger charge is -2.36. The third-order valence-electron chi connectivity index (χ3n) is 10.6. The Kier molecular flexibility index (Phi) is 13.1. The Morgan fingerprint density at radius 3 is 1.98 bits per heavy atom. The number of tetrazole rings is 1. The Hall–Kier alpha value is -7.07. The molecular formula is C49H48N8O3. The molecule has 7 rings (SSSR count). The summed E-state index contributed by atoms with van der Waals surface area (Å²) in [6, 6.07) is 47.3. The summed E-state index contributed by atoms with van der Waals surface area (Å²) in [5.74, 6) is 2.56. The normalized spacial score (nSPS) is 12.0.